The lowest BCUT2D eigenvalue weighted by Gasteiger charge is -2.12. The maximum atomic E-state index is 15.8. The second kappa shape index (κ2) is 32.2. The van der Waals surface area contributed by atoms with Gasteiger partial charge in [-0.1, -0.05) is 135 Å². The molecule has 0 aliphatic carbocycles. The lowest BCUT2D eigenvalue weighted by Crippen LogP contribution is -2.12. The molecule has 0 spiro atoms. The van der Waals surface area contributed by atoms with Crippen molar-refractivity contribution in [2.24, 2.45) is 0 Å². The Kier molecular flexibility index (Phi) is 24.6. The molecular formula is C64H71F3O10. The van der Waals surface area contributed by atoms with Gasteiger partial charge in [-0.15, -0.1) is 0 Å². The average molecular weight is 1060 g/mol. The lowest BCUT2D eigenvalue weighted by atomic mass is 10.0. The summed E-state index contributed by atoms with van der Waals surface area (Å²) in [7, 11) is 0. The van der Waals surface area contributed by atoms with Crippen LogP contribution in [0.5, 0.6) is 34.5 Å². The van der Waals surface area contributed by atoms with Crippen LogP contribution >= 0.6 is 0 Å². The number of halogens is 3. The fraction of sp³-hybridized carbons (Fsp3) is 0.375. The molecule has 13 heteroatoms. The molecule has 77 heavy (non-hydrogen) atoms. The van der Waals surface area contributed by atoms with Crippen LogP contribution in [0.25, 0.3) is 11.1 Å². The number of esters is 4. The number of hydrogen-bond acceptors (Lipinski definition) is 10. The molecule has 0 atom stereocenters. The van der Waals surface area contributed by atoms with Crippen LogP contribution in [0.3, 0.4) is 0 Å². The molecule has 0 amide bonds. The number of carbonyl (C=O) groups excluding carboxylic acids is 4. The van der Waals surface area contributed by atoms with Crippen LogP contribution in [0, 0.1) is 17.5 Å². The molecule has 0 heterocycles. The van der Waals surface area contributed by atoms with Gasteiger partial charge in [0.05, 0.1) is 35.5 Å². The van der Waals surface area contributed by atoms with Crippen molar-refractivity contribution < 1.29 is 60.8 Å². The van der Waals surface area contributed by atoms with Crippen molar-refractivity contribution in [1.29, 1.82) is 0 Å². The fourth-order valence-electron chi connectivity index (χ4n) is 8.49. The van der Waals surface area contributed by atoms with E-state index >= 15 is 8.78 Å². The highest BCUT2D eigenvalue weighted by atomic mass is 19.1. The van der Waals surface area contributed by atoms with Gasteiger partial charge in [0.2, 0.25) is 5.75 Å². The molecule has 0 bridgehead atoms. The number of rotatable bonds is 33. The van der Waals surface area contributed by atoms with E-state index in [1.54, 1.807) is 48.5 Å². The van der Waals surface area contributed by atoms with Crippen molar-refractivity contribution in [3.8, 4) is 45.6 Å². The van der Waals surface area contributed by atoms with Crippen LogP contribution in [-0.4, -0.2) is 37.1 Å². The Morgan fingerprint density at radius 3 is 1.09 bits per heavy atom. The van der Waals surface area contributed by atoms with Crippen molar-refractivity contribution in [1.82, 2.24) is 0 Å². The number of hydrogen-bond donors (Lipinski definition) is 0. The van der Waals surface area contributed by atoms with Crippen LogP contribution in [-0.2, 0) is 0 Å². The fourth-order valence-corrected chi connectivity index (χ4v) is 8.49. The largest absolute Gasteiger partial charge is 0.494 e. The molecule has 0 fully saturated rings. The number of carbonyl (C=O) groups is 4. The van der Waals surface area contributed by atoms with E-state index in [0.29, 0.717) is 30.3 Å². The standard InChI is InChI=1S/C64H71F3O10/c1-3-5-7-9-11-13-15-17-19-21-43-72-51-32-23-46(24-33-51)61(68)74-53-36-27-48(28-37-53)63(70)76-58-42-31-50(45-57(58)66)55-40-41-56(65)60(59(55)67)77-64(71)49-29-38-54(39-30-49)75-62(69)47-25-34-52(35-26-47)73-44-22-20-18-16-14-12-10-8-6-4-2/h23-42,45H,3-22,43-44H2,1-2H3. The molecule has 0 N–H and O–H groups in total. The van der Waals surface area contributed by atoms with E-state index in [4.69, 9.17) is 28.4 Å². The highest BCUT2D eigenvalue weighted by Gasteiger charge is 2.23. The first-order valence-corrected chi connectivity index (χ1v) is 27.4. The molecule has 6 rings (SSSR count). The Labute approximate surface area is 451 Å². The quantitative estimate of drug-likeness (QED) is 0.0224. The minimum atomic E-state index is -1.29. The zero-order chi connectivity index (χ0) is 54.6. The molecule has 0 aliphatic heterocycles. The van der Waals surface area contributed by atoms with Gasteiger partial charge in [-0.25, -0.2) is 32.3 Å². The van der Waals surface area contributed by atoms with Gasteiger partial charge in [-0.3, -0.25) is 0 Å². The molecule has 6 aromatic carbocycles. The van der Waals surface area contributed by atoms with Gasteiger partial charge < -0.3 is 28.4 Å². The summed E-state index contributed by atoms with van der Waals surface area (Å²) in [6.45, 7) is 5.64. The van der Waals surface area contributed by atoms with E-state index in [9.17, 15) is 23.6 Å². The van der Waals surface area contributed by atoms with E-state index in [-0.39, 0.29) is 39.3 Å². The van der Waals surface area contributed by atoms with Gasteiger partial charge >= 0.3 is 23.9 Å². The zero-order valence-corrected chi connectivity index (χ0v) is 44.4. The predicted octanol–water partition coefficient (Wildman–Crippen LogP) is 17.2. The first-order chi connectivity index (χ1) is 37.5. The zero-order valence-electron chi connectivity index (χ0n) is 44.4. The highest BCUT2D eigenvalue weighted by Crippen LogP contribution is 2.34. The van der Waals surface area contributed by atoms with Crippen LogP contribution in [0.4, 0.5) is 13.2 Å². The Morgan fingerprint density at radius 1 is 0.351 bits per heavy atom. The van der Waals surface area contributed by atoms with Crippen LogP contribution < -0.4 is 28.4 Å². The molecule has 10 nitrogen and oxygen atoms in total. The van der Waals surface area contributed by atoms with Crippen molar-refractivity contribution in [3.05, 3.63) is 167 Å². The predicted molar refractivity (Wildman–Crippen MR) is 292 cm³/mol. The topological polar surface area (TPSA) is 124 Å². The maximum Gasteiger partial charge on any atom is 0.343 e. The monoisotopic (exact) mass is 1060 g/mol. The normalized spacial score (nSPS) is 11.0. The van der Waals surface area contributed by atoms with Crippen molar-refractivity contribution >= 4 is 23.9 Å². The third-order valence-corrected chi connectivity index (χ3v) is 13.0. The van der Waals surface area contributed by atoms with Crippen molar-refractivity contribution in [2.45, 2.75) is 142 Å². The first-order valence-electron chi connectivity index (χ1n) is 27.4. The van der Waals surface area contributed by atoms with Gasteiger partial charge in [-0.2, -0.15) is 0 Å². The van der Waals surface area contributed by atoms with Gasteiger partial charge in [-0.05, 0) is 140 Å². The van der Waals surface area contributed by atoms with Crippen LogP contribution in [0.2, 0.25) is 0 Å². The minimum Gasteiger partial charge on any atom is -0.494 e. The third kappa shape index (κ3) is 19.6. The molecule has 0 aromatic heterocycles. The Bertz CT molecular complexity index is 2780. The number of unbranched alkanes of at least 4 members (excludes halogenated alkanes) is 18. The molecule has 6 aromatic rings. The molecule has 408 valence electrons. The summed E-state index contributed by atoms with van der Waals surface area (Å²) in [5.41, 5.74) is 0.113. The van der Waals surface area contributed by atoms with Crippen LogP contribution in [0.1, 0.15) is 184 Å². The maximum absolute atomic E-state index is 15.8. The summed E-state index contributed by atoms with van der Waals surface area (Å²) < 4.78 is 79.2. The number of benzene rings is 6. The molecule has 0 aliphatic rings. The molecule has 0 radical (unpaired) electrons. The first kappa shape index (κ1) is 58.8. The summed E-state index contributed by atoms with van der Waals surface area (Å²) in [6, 6.07) is 29.0. The molecule has 0 unspecified atom stereocenters. The molecular weight excluding hydrogens is 986 g/mol. The van der Waals surface area contributed by atoms with Crippen molar-refractivity contribution in [2.75, 3.05) is 13.2 Å². The van der Waals surface area contributed by atoms with E-state index in [0.717, 1.165) is 49.9 Å². The van der Waals surface area contributed by atoms with Gasteiger partial charge in [0.25, 0.3) is 0 Å². The smallest absolute Gasteiger partial charge is 0.343 e. The van der Waals surface area contributed by atoms with Gasteiger partial charge in [0.1, 0.15) is 23.0 Å². The summed E-state index contributed by atoms with van der Waals surface area (Å²) in [4.78, 5) is 51.7. The van der Waals surface area contributed by atoms with E-state index < -0.39 is 52.8 Å². The SMILES string of the molecule is CCCCCCCCCCCCOc1ccc(C(=O)Oc2ccc(C(=O)Oc3ccc(-c4ccc(F)c(OC(=O)c5ccc(OC(=O)c6ccc(OCCCCCCCCCCCC)cc6)cc5)c4F)cc3F)cc2)cc1. The van der Waals surface area contributed by atoms with Crippen LogP contribution in [0.15, 0.2) is 127 Å². The van der Waals surface area contributed by atoms with E-state index in [1.165, 1.54) is 157 Å². The second-order valence-corrected chi connectivity index (χ2v) is 19.1. The Balaban J connectivity index is 0.922. The number of ether oxygens (including phenoxy) is 6. The van der Waals surface area contributed by atoms with E-state index in [2.05, 4.69) is 13.8 Å². The Hall–Kier alpha value is -7.41. The van der Waals surface area contributed by atoms with Gasteiger partial charge in [0.15, 0.2) is 23.2 Å². The minimum absolute atomic E-state index is 0.0187. The Morgan fingerprint density at radius 2 is 0.701 bits per heavy atom. The molecule has 0 saturated heterocycles. The summed E-state index contributed by atoms with van der Waals surface area (Å²) in [5.74, 6) is -6.77. The summed E-state index contributed by atoms with van der Waals surface area (Å²) in [6.07, 6.45) is 24.7. The highest BCUT2D eigenvalue weighted by molar-refractivity contribution is 5.94. The van der Waals surface area contributed by atoms with Crippen molar-refractivity contribution in [3.63, 3.8) is 0 Å². The average Bonchev–Trinajstić information content (AvgIpc) is 3.44. The lowest BCUT2D eigenvalue weighted by molar-refractivity contribution is 0.0712. The summed E-state index contributed by atoms with van der Waals surface area (Å²) >= 11 is 0. The second-order valence-electron chi connectivity index (χ2n) is 19.1. The third-order valence-electron chi connectivity index (χ3n) is 13.0. The molecule has 0 saturated carbocycles. The van der Waals surface area contributed by atoms with Gasteiger partial charge in [0, 0.05) is 5.56 Å². The summed E-state index contributed by atoms with van der Waals surface area (Å²) in [5, 5.41) is 0. The van der Waals surface area contributed by atoms with E-state index in [1.807, 2.05) is 0 Å².